The Morgan fingerprint density at radius 3 is 2.14 bits per heavy atom. The number of amides is 4. The average molecular weight is 486 g/mol. The van der Waals surface area contributed by atoms with Crippen molar-refractivity contribution < 1.29 is 33.4 Å². The van der Waals surface area contributed by atoms with Crippen LogP contribution in [0.25, 0.3) is 0 Å². The highest BCUT2D eigenvalue weighted by molar-refractivity contribution is 6.21. The van der Waals surface area contributed by atoms with Crippen molar-refractivity contribution in [2.45, 2.75) is 13.5 Å². The molecule has 4 rings (SSSR count). The van der Waals surface area contributed by atoms with E-state index in [1.54, 1.807) is 67.6 Å². The van der Waals surface area contributed by atoms with Gasteiger partial charge in [0.15, 0.2) is 6.61 Å². The molecule has 4 amide bonds. The summed E-state index contributed by atoms with van der Waals surface area (Å²) < 4.78 is 10.6. The summed E-state index contributed by atoms with van der Waals surface area (Å²) in [4.78, 5) is 63.5. The minimum atomic E-state index is -0.857. The van der Waals surface area contributed by atoms with Gasteiger partial charge in [-0.25, -0.2) is 4.79 Å². The zero-order valence-corrected chi connectivity index (χ0v) is 19.4. The van der Waals surface area contributed by atoms with E-state index in [4.69, 9.17) is 9.47 Å². The highest BCUT2D eigenvalue weighted by Crippen LogP contribution is 2.27. The van der Waals surface area contributed by atoms with E-state index in [0.717, 1.165) is 4.90 Å². The molecule has 9 nitrogen and oxygen atoms in total. The molecule has 0 aromatic heterocycles. The first-order valence-corrected chi connectivity index (χ1v) is 11.2. The third kappa shape index (κ3) is 5.15. The number of imide groups is 2. The molecule has 9 heteroatoms. The number of fused-ring (bicyclic) bond motifs is 1. The number of hydrogen-bond acceptors (Lipinski definition) is 7. The van der Waals surface area contributed by atoms with Crippen molar-refractivity contribution in [2.24, 2.45) is 0 Å². The summed E-state index contributed by atoms with van der Waals surface area (Å²) in [6.45, 7) is 1.26. The van der Waals surface area contributed by atoms with E-state index < -0.39 is 36.2 Å². The van der Waals surface area contributed by atoms with Gasteiger partial charge in [0, 0.05) is 5.56 Å². The molecule has 0 aliphatic carbocycles. The van der Waals surface area contributed by atoms with Gasteiger partial charge in [-0.3, -0.25) is 29.4 Å². The smallest absolute Gasteiger partial charge is 0.342 e. The van der Waals surface area contributed by atoms with E-state index >= 15 is 0 Å². The summed E-state index contributed by atoms with van der Waals surface area (Å²) >= 11 is 0. The summed E-state index contributed by atoms with van der Waals surface area (Å²) in [5.41, 5.74) is 1.45. The highest BCUT2D eigenvalue weighted by Gasteiger charge is 2.35. The van der Waals surface area contributed by atoms with E-state index in [2.05, 4.69) is 5.32 Å². The van der Waals surface area contributed by atoms with Crippen molar-refractivity contribution in [3.05, 3.63) is 101 Å². The van der Waals surface area contributed by atoms with Gasteiger partial charge in [-0.05, 0) is 48.9 Å². The van der Waals surface area contributed by atoms with Gasteiger partial charge in [0.05, 0.1) is 24.3 Å². The van der Waals surface area contributed by atoms with Gasteiger partial charge in [-0.15, -0.1) is 0 Å². The minimum Gasteiger partial charge on any atom is -0.493 e. The Morgan fingerprint density at radius 2 is 1.50 bits per heavy atom. The molecule has 3 aromatic rings. The van der Waals surface area contributed by atoms with Gasteiger partial charge in [0.2, 0.25) is 0 Å². The molecule has 0 saturated heterocycles. The second kappa shape index (κ2) is 10.6. The van der Waals surface area contributed by atoms with Gasteiger partial charge in [-0.1, -0.05) is 36.4 Å². The number of hydrogen-bond donors (Lipinski definition) is 1. The Morgan fingerprint density at radius 1 is 0.861 bits per heavy atom. The summed E-state index contributed by atoms with van der Waals surface area (Å²) in [6, 6.07) is 19.3. The first-order valence-electron chi connectivity index (χ1n) is 11.2. The van der Waals surface area contributed by atoms with E-state index in [1.807, 2.05) is 0 Å². The van der Waals surface area contributed by atoms with Crippen LogP contribution >= 0.6 is 0 Å². The molecule has 36 heavy (non-hydrogen) atoms. The van der Waals surface area contributed by atoms with Crippen molar-refractivity contribution >= 4 is 29.6 Å². The van der Waals surface area contributed by atoms with Gasteiger partial charge < -0.3 is 9.47 Å². The molecule has 182 valence electrons. The SMILES string of the molecule is CCOc1ccc(CN2C(=O)c3ccccc3C2=O)cc1C(=O)OCC(=O)NC(=O)c1ccccc1. The Balaban J connectivity index is 1.45. The topological polar surface area (TPSA) is 119 Å². The Hall–Kier alpha value is -4.79. The van der Waals surface area contributed by atoms with Crippen LogP contribution in [0.4, 0.5) is 0 Å². The molecular weight excluding hydrogens is 464 g/mol. The van der Waals surface area contributed by atoms with Crippen LogP contribution in [0, 0.1) is 0 Å². The summed E-state index contributed by atoms with van der Waals surface area (Å²) in [5.74, 6) is -2.90. The van der Waals surface area contributed by atoms with Crippen molar-refractivity contribution in [1.29, 1.82) is 0 Å². The van der Waals surface area contributed by atoms with E-state index in [9.17, 15) is 24.0 Å². The first-order chi connectivity index (χ1) is 17.4. The Labute approximate surface area is 206 Å². The summed E-state index contributed by atoms with van der Waals surface area (Å²) in [7, 11) is 0. The zero-order valence-electron chi connectivity index (χ0n) is 19.4. The Kier molecular flexibility index (Phi) is 7.20. The van der Waals surface area contributed by atoms with Crippen molar-refractivity contribution in [2.75, 3.05) is 13.2 Å². The fourth-order valence-electron chi connectivity index (χ4n) is 3.71. The molecule has 0 unspecified atom stereocenters. The predicted molar refractivity (Wildman–Crippen MR) is 127 cm³/mol. The molecule has 0 bridgehead atoms. The number of nitrogens with one attached hydrogen (secondary N) is 1. The van der Waals surface area contributed by atoms with E-state index in [-0.39, 0.29) is 30.0 Å². The molecule has 0 atom stereocenters. The van der Waals surface area contributed by atoms with Gasteiger partial charge in [0.1, 0.15) is 11.3 Å². The van der Waals surface area contributed by atoms with Crippen LogP contribution in [0.5, 0.6) is 5.75 Å². The average Bonchev–Trinajstić information content (AvgIpc) is 3.13. The van der Waals surface area contributed by atoms with Crippen molar-refractivity contribution in [1.82, 2.24) is 10.2 Å². The maximum absolute atomic E-state index is 12.8. The molecule has 0 spiro atoms. The third-order valence-corrected chi connectivity index (χ3v) is 5.41. The monoisotopic (exact) mass is 486 g/mol. The van der Waals surface area contributed by atoms with Gasteiger partial charge in [-0.2, -0.15) is 0 Å². The second-order valence-corrected chi connectivity index (χ2v) is 7.83. The lowest BCUT2D eigenvalue weighted by Gasteiger charge is -2.16. The lowest BCUT2D eigenvalue weighted by molar-refractivity contribution is -0.123. The molecule has 1 heterocycles. The second-order valence-electron chi connectivity index (χ2n) is 7.83. The fraction of sp³-hybridized carbons (Fsp3) is 0.148. The number of ether oxygens (including phenoxy) is 2. The standard InChI is InChI=1S/C27H22N2O7/c1-2-35-22-13-12-17(15-29-25(32)19-10-6-7-11-20(19)26(29)33)14-21(22)27(34)36-16-23(30)28-24(31)18-8-4-3-5-9-18/h3-14H,2,15-16H2,1H3,(H,28,30,31). The number of nitrogens with zero attached hydrogens (tertiary/aromatic N) is 1. The molecular formula is C27H22N2O7. The number of benzene rings is 3. The molecule has 0 saturated carbocycles. The number of carbonyl (C=O) groups excluding carboxylic acids is 5. The molecule has 1 N–H and O–H groups in total. The molecule has 1 aliphatic heterocycles. The van der Waals surface area contributed by atoms with Crippen molar-refractivity contribution in [3.63, 3.8) is 0 Å². The van der Waals surface area contributed by atoms with E-state index in [1.165, 1.54) is 12.1 Å². The van der Waals surface area contributed by atoms with E-state index in [0.29, 0.717) is 16.7 Å². The van der Waals surface area contributed by atoms with Gasteiger partial charge >= 0.3 is 5.97 Å². The van der Waals surface area contributed by atoms with Gasteiger partial charge in [0.25, 0.3) is 23.6 Å². The van der Waals surface area contributed by atoms with Crippen LogP contribution in [0.3, 0.4) is 0 Å². The quantitative estimate of drug-likeness (QED) is 0.384. The lowest BCUT2D eigenvalue weighted by Crippen LogP contribution is -2.34. The molecule has 0 radical (unpaired) electrons. The number of rotatable bonds is 8. The lowest BCUT2D eigenvalue weighted by atomic mass is 10.1. The fourth-order valence-corrected chi connectivity index (χ4v) is 3.71. The summed E-state index contributed by atoms with van der Waals surface area (Å²) in [5, 5.41) is 2.15. The summed E-state index contributed by atoms with van der Waals surface area (Å²) in [6.07, 6.45) is 0. The number of esters is 1. The van der Waals surface area contributed by atoms with Crippen LogP contribution in [0.1, 0.15) is 53.9 Å². The van der Waals surface area contributed by atoms with Crippen LogP contribution in [0.2, 0.25) is 0 Å². The normalized spacial score (nSPS) is 12.2. The molecule has 0 fully saturated rings. The molecule has 3 aromatic carbocycles. The van der Waals surface area contributed by atoms with Crippen LogP contribution in [-0.4, -0.2) is 47.7 Å². The molecule has 1 aliphatic rings. The largest absolute Gasteiger partial charge is 0.493 e. The zero-order chi connectivity index (χ0) is 25.7. The van der Waals surface area contributed by atoms with Crippen molar-refractivity contribution in [3.8, 4) is 5.75 Å². The third-order valence-electron chi connectivity index (χ3n) is 5.41. The minimum absolute atomic E-state index is 0.0214. The van der Waals surface area contributed by atoms with Crippen LogP contribution < -0.4 is 10.1 Å². The first kappa shape index (κ1) is 24.3. The highest BCUT2D eigenvalue weighted by atomic mass is 16.5. The maximum atomic E-state index is 12.8. The Bertz CT molecular complexity index is 1320. The maximum Gasteiger partial charge on any atom is 0.342 e. The number of carbonyl (C=O) groups is 5. The van der Waals surface area contributed by atoms with Crippen LogP contribution in [0.15, 0.2) is 72.8 Å². The van der Waals surface area contributed by atoms with Crippen LogP contribution in [-0.2, 0) is 16.1 Å². The predicted octanol–water partition coefficient (Wildman–Crippen LogP) is 2.99.